The molecule has 0 N–H and O–H groups in total. The van der Waals surface area contributed by atoms with Gasteiger partial charge < -0.3 is 9.47 Å². The van der Waals surface area contributed by atoms with Gasteiger partial charge in [-0.2, -0.15) is 0 Å². The van der Waals surface area contributed by atoms with Crippen molar-refractivity contribution in [2.45, 2.75) is 64.9 Å². The van der Waals surface area contributed by atoms with E-state index in [-0.39, 0.29) is 11.9 Å². The minimum Gasteiger partial charge on any atom is -0.489 e. The molecular formula is C25H32O3. The van der Waals surface area contributed by atoms with E-state index in [0.717, 1.165) is 42.9 Å². The molecule has 28 heavy (non-hydrogen) atoms. The van der Waals surface area contributed by atoms with Crippen molar-refractivity contribution < 1.29 is 14.3 Å². The highest BCUT2D eigenvalue weighted by Crippen LogP contribution is 2.33. The number of hydrogen-bond acceptors (Lipinski definition) is 3. The van der Waals surface area contributed by atoms with Gasteiger partial charge in [-0.1, -0.05) is 62.9 Å². The van der Waals surface area contributed by atoms with Crippen LogP contribution in [0, 0.1) is 11.8 Å². The third-order valence-electron chi connectivity index (χ3n) is 5.69. The van der Waals surface area contributed by atoms with Gasteiger partial charge in [0.05, 0.1) is 5.92 Å². The first-order valence-electron chi connectivity index (χ1n) is 10.7. The Hall–Kier alpha value is -2.29. The summed E-state index contributed by atoms with van der Waals surface area (Å²) in [6.45, 7) is 2.77. The molecular weight excluding hydrogens is 348 g/mol. The largest absolute Gasteiger partial charge is 0.489 e. The summed E-state index contributed by atoms with van der Waals surface area (Å²) in [5.41, 5.74) is 1.13. The topological polar surface area (TPSA) is 35.5 Å². The fourth-order valence-electron chi connectivity index (χ4n) is 3.91. The summed E-state index contributed by atoms with van der Waals surface area (Å²) in [6, 6.07) is 17.4. The van der Waals surface area contributed by atoms with Gasteiger partial charge in [-0.05, 0) is 61.4 Å². The molecule has 150 valence electrons. The van der Waals surface area contributed by atoms with Crippen molar-refractivity contribution in [3.63, 3.8) is 0 Å². The second-order valence-electron chi connectivity index (χ2n) is 7.88. The molecule has 0 aromatic heterocycles. The Morgan fingerprint density at radius 2 is 1.57 bits per heavy atom. The van der Waals surface area contributed by atoms with Crippen LogP contribution in [0.5, 0.6) is 11.5 Å². The quantitative estimate of drug-likeness (QED) is 0.281. The van der Waals surface area contributed by atoms with Crippen LogP contribution in [0.25, 0.3) is 0 Å². The van der Waals surface area contributed by atoms with Gasteiger partial charge in [-0.25, -0.2) is 0 Å². The smallest absolute Gasteiger partial charge is 0.314 e. The molecule has 1 aliphatic carbocycles. The Kier molecular flexibility index (Phi) is 7.95. The molecule has 3 heteroatoms. The summed E-state index contributed by atoms with van der Waals surface area (Å²) in [4.78, 5) is 12.5. The van der Waals surface area contributed by atoms with E-state index >= 15 is 0 Å². The molecule has 1 saturated carbocycles. The molecule has 1 aliphatic rings. The number of rotatable bonds is 9. The zero-order chi connectivity index (χ0) is 19.6. The first kappa shape index (κ1) is 20.4. The SMILES string of the molecule is CCCCCC1CCC(C(=O)Oc2ccc(OCc3ccccc3)cc2)CC1. The van der Waals surface area contributed by atoms with E-state index in [1.165, 1.54) is 25.7 Å². The highest BCUT2D eigenvalue weighted by atomic mass is 16.5. The van der Waals surface area contributed by atoms with Gasteiger partial charge in [-0.3, -0.25) is 4.79 Å². The van der Waals surface area contributed by atoms with Crippen molar-refractivity contribution in [2.75, 3.05) is 0 Å². The first-order valence-corrected chi connectivity index (χ1v) is 10.7. The molecule has 0 radical (unpaired) electrons. The number of ether oxygens (including phenoxy) is 2. The van der Waals surface area contributed by atoms with Crippen molar-refractivity contribution in [1.29, 1.82) is 0 Å². The molecule has 0 unspecified atom stereocenters. The van der Waals surface area contributed by atoms with Crippen LogP contribution in [-0.2, 0) is 11.4 Å². The molecule has 0 saturated heterocycles. The molecule has 0 amide bonds. The lowest BCUT2D eigenvalue weighted by Gasteiger charge is -2.27. The van der Waals surface area contributed by atoms with Crippen molar-refractivity contribution in [3.8, 4) is 11.5 Å². The van der Waals surface area contributed by atoms with Gasteiger partial charge >= 0.3 is 5.97 Å². The molecule has 3 rings (SSSR count). The standard InChI is InChI=1S/C25H32O3/c1-2-3-5-8-20-11-13-22(14-12-20)25(26)28-24-17-15-23(16-18-24)27-19-21-9-6-4-7-10-21/h4,6-7,9-10,15-18,20,22H,2-3,5,8,11-14,19H2,1H3. The maximum atomic E-state index is 12.5. The highest BCUT2D eigenvalue weighted by Gasteiger charge is 2.27. The van der Waals surface area contributed by atoms with Gasteiger partial charge in [0.25, 0.3) is 0 Å². The van der Waals surface area contributed by atoms with Crippen molar-refractivity contribution in [1.82, 2.24) is 0 Å². The minimum absolute atomic E-state index is 0.0523. The van der Waals surface area contributed by atoms with E-state index in [2.05, 4.69) is 6.92 Å². The number of esters is 1. The second kappa shape index (κ2) is 10.9. The van der Waals surface area contributed by atoms with Gasteiger partial charge in [0, 0.05) is 0 Å². The maximum Gasteiger partial charge on any atom is 0.314 e. The van der Waals surface area contributed by atoms with Crippen LogP contribution in [-0.4, -0.2) is 5.97 Å². The van der Waals surface area contributed by atoms with Crippen LogP contribution in [0.15, 0.2) is 54.6 Å². The zero-order valence-corrected chi connectivity index (χ0v) is 16.9. The molecule has 3 nitrogen and oxygen atoms in total. The van der Waals surface area contributed by atoms with Crippen LogP contribution in [0.3, 0.4) is 0 Å². The molecule has 0 aliphatic heterocycles. The van der Waals surface area contributed by atoms with E-state index < -0.39 is 0 Å². The lowest BCUT2D eigenvalue weighted by molar-refractivity contribution is -0.140. The third kappa shape index (κ3) is 6.40. The van der Waals surface area contributed by atoms with E-state index in [0.29, 0.717) is 12.4 Å². The summed E-state index contributed by atoms with van der Waals surface area (Å²) in [5, 5.41) is 0. The number of hydrogen-bond donors (Lipinski definition) is 0. The summed E-state index contributed by atoms with van der Waals surface area (Å²) in [5.74, 6) is 2.15. The number of carbonyl (C=O) groups is 1. The molecule has 0 spiro atoms. The second-order valence-corrected chi connectivity index (χ2v) is 7.88. The predicted octanol–water partition coefficient (Wildman–Crippen LogP) is 6.56. The lowest BCUT2D eigenvalue weighted by atomic mass is 9.80. The Bertz CT molecular complexity index is 700. The molecule has 2 aromatic rings. The number of benzene rings is 2. The van der Waals surface area contributed by atoms with E-state index in [1.807, 2.05) is 54.6 Å². The van der Waals surface area contributed by atoms with Crippen LogP contribution in [0.4, 0.5) is 0 Å². The van der Waals surface area contributed by atoms with Crippen LogP contribution in [0.2, 0.25) is 0 Å². The molecule has 0 heterocycles. The van der Waals surface area contributed by atoms with Gasteiger partial charge in [0.1, 0.15) is 18.1 Å². The summed E-state index contributed by atoms with van der Waals surface area (Å²) < 4.78 is 11.4. The van der Waals surface area contributed by atoms with Crippen molar-refractivity contribution in [2.24, 2.45) is 11.8 Å². The third-order valence-corrected chi connectivity index (χ3v) is 5.69. The Morgan fingerprint density at radius 3 is 2.25 bits per heavy atom. The van der Waals surface area contributed by atoms with Crippen molar-refractivity contribution >= 4 is 5.97 Å². The Balaban J connectivity index is 1.41. The fraction of sp³-hybridized carbons (Fsp3) is 0.480. The average Bonchev–Trinajstić information content (AvgIpc) is 2.75. The summed E-state index contributed by atoms with van der Waals surface area (Å²) in [7, 11) is 0. The van der Waals surface area contributed by atoms with Crippen LogP contribution < -0.4 is 9.47 Å². The van der Waals surface area contributed by atoms with E-state index in [1.54, 1.807) is 0 Å². The van der Waals surface area contributed by atoms with Gasteiger partial charge in [0.15, 0.2) is 0 Å². The number of carbonyl (C=O) groups excluding carboxylic acids is 1. The molecule has 0 bridgehead atoms. The maximum absolute atomic E-state index is 12.5. The lowest BCUT2D eigenvalue weighted by Crippen LogP contribution is -2.25. The highest BCUT2D eigenvalue weighted by molar-refractivity contribution is 5.75. The minimum atomic E-state index is -0.0787. The molecule has 1 fully saturated rings. The van der Waals surface area contributed by atoms with Crippen LogP contribution >= 0.6 is 0 Å². The molecule has 0 atom stereocenters. The summed E-state index contributed by atoms with van der Waals surface area (Å²) >= 11 is 0. The van der Waals surface area contributed by atoms with Gasteiger partial charge in [-0.15, -0.1) is 0 Å². The van der Waals surface area contributed by atoms with E-state index in [4.69, 9.17) is 9.47 Å². The Labute approximate surface area is 169 Å². The zero-order valence-electron chi connectivity index (χ0n) is 16.9. The summed E-state index contributed by atoms with van der Waals surface area (Å²) in [6.07, 6.45) is 9.51. The normalized spacial score (nSPS) is 19.2. The fourth-order valence-corrected chi connectivity index (χ4v) is 3.91. The van der Waals surface area contributed by atoms with Crippen molar-refractivity contribution in [3.05, 3.63) is 60.2 Å². The Morgan fingerprint density at radius 1 is 0.893 bits per heavy atom. The monoisotopic (exact) mass is 380 g/mol. The molecule has 2 aromatic carbocycles. The average molecular weight is 381 g/mol. The predicted molar refractivity (Wildman–Crippen MR) is 112 cm³/mol. The first-order chi connectivity index (χ1) is 13.7. The van der Waals surface area contributed by atoms with E-state index in [9.17, 15) is 4.79 Å². The van der Waals surface area contributed by atoms with Crippen LogP contribution in [0.1, 0.15) is 63.9 Å². The van der Waals surface area contributed by atoms with Gasteiger partial charge in [0.2, 0.25) is 0 Å². The number of unbranched alkanes of at least 4 members (excludes halogenated alkanes) is 2.